The van der Waals surface area contributed by atoms with E-state index in [2.05, 4.69) is 34.1 Å². The van der Waals surface area contributed by atoms with E-state index >= 15 is 0 Å². The summed E-state index contributed by atoms with van der Waals surface area (Å²) in [6.07, 6.45) is 5.69. The number of hydrogen-bond acceptors (Lipinski definition) is 2. The van der Waals surface area contributed by atoms with Crippen molar-refractivity contribution in [3.05, 3.63) is 28.2 Å². The van der Waals surface area contributed by atoms with Gasteiger partial charge in [-0.3, -0.25) is 0 Å². The molecule has 1 aliphatic rings. The molecule has 1 aromatic carbocycles. The molecule has 1 fully saturated rings. The van der Waals surface area contributed by atoms with E-state index in [0.717, 1.165) is 5.92 Å². The zero-order valence-corrected chi connectivity index (χ0v) is 12.7. The van der Waals surface area contributed by atoms with Crippen LogP contribution in [0.1, 0.15) is 44.2 Å². The summed E-state index contributed by atoms with van der Waals surface area (Å²) in [6.45, 7) is 2.02. The first-order valence-electron chi connectivity index (χ1n) is 6.34. The van der Waals surface area contributed by atoms with Gasteiger partial charge in [0.1, 0.15) is 0 Å². The van der Waals surface area contributed by atoms with Crippen LogP contribution in [0.15, 0.2) is 27.6 Å². The zero-order valence-electron chi connectivity index (χ0n) is 10.3. The lowest BCUT2D eigenvalue weighted by Crippen LogP contribution is -2.04. The fourth-order valence-corrected chi connectivity index (χ4v) is 4.15. The molecule has 0 spiro atoms. The minimum Gasteiger partial charge on any atom is -0.324 e. The lowest BCUT2D eigenvalue weighted by molar-refractivity contribution is 0.623. The Labute approximate surface area is 117 Å². The maximum Gasteiger partial charge on any atom is 0.0314 e. The Morgan fingerprint density at radius 3 is 2.71 bits per heavy atom. The molecule has 1 atom stereocenters. The second kappa shape index (κ2) is 6.26. The van der Waals surface area contributed by atoms with Gasteiger partial charge in [0, 0.05) is 21.2 Å². The van der Waals surface area contributed by atoms with Crippen LogP contribution < -0.4 is 5.73 Å². The fourth-order valence-electron chi connectivity index (χ4n) is 2.30. The van der Waals surface area contributed by atoms with E-state index in [-0.39, 0.29) is 6.04 Å². The van der Waals surface area contributed by atoms with Gasteiger partial charge >= 0.3 is 0 Å². The normalized spacial score (nSPS) is 18.5. The second-order valence-electron chi connectivity index (χ2n) is 4.94. The lowest BCUT2D eigenvalue weighted by Gasteiger charge is -2.12. The molecule has 0 unspecified atom stereocenters. The first-order valence-corrected chi connectivity index (χ1v) is 8.12. The number of halogens is 1. The van der Waals surface area contributed by atoms with E-state index in [4.69, 9.17) is 5.73 Å². The third-order valence-corrected chi connectivity index (χ3v) is 5.65. The van der Waals surface area contributed by atoms with Gasteiger partial charge in [-0.25, -0.2) is 0 Å². The Hall–Kier alpha value is 0.01000. The monoisotopic (exact) mass is 313 g/mol. The highest BCUT2D eigenvalue weighted by atomic mass is 79.9. The molecule has 0 aromatic heterocycles. The second-order valence-corrected chi connectivity index (χ2v) is 6.86. The number of benzene rings is 1. The Morgan fingerprint density at radius 1 is 1.41 bits per heavy atom. The lowest BCUT2D eigenvalue weighted by atomic mass is 10.1. The predicted molar refractivity (Wildman–Crippen MR) is 79.4 cm³/mol. The van der Waals surface area contributed by atoms with Gasteiger partial charge in [-0.05, 0) is 59.3 Å². The standard InChI is InChI=1S/C14H20BrNS/c1-10(16)12-6-7-14(13(15)8-12)17-9-11-4-2-3-5-11/h6-8,10-11H,2-5,9,16H2,1H3/t10-/m0/s1. The first kappa shape index (κ1) is 13.4. The van der Waals surface area contributed by atoms with E-state index in [1.165, 1.54) is 46.4 Å². The highest BCUT2D eigenvalue weighted by Gasteiger charge is 2.15. The molecule has 2 N–H and O–H groups in total. The molecule has 1 nitrogen and oxygen atoms in total. The van der Waals surface area contributed by atoms with Crippen LogP contribution in [0.2, 0.25) is 0 Å². The summed E-state index contributed by atoms with van der Waals surface area (Å²) in [7, 11) is 0. The van der Waals surface area contributed by atoms with Crippen molar-refractivity contribution in [1.29, 1.82) is 0 Å². The van der Waals surface area contributed by atoms with Gasteiger partial charge in [0.15, 0.2) is 0 Å². The van der Waals surface area contributed by atoms with E-state index in [9.17, 15) is 0 Å². The molecule has 0 radical (unpaired) electrons. The van der Waals surface area contributed by atoms with E-state index in [1.54, 1.807) is 0 Å². The van der Waals surface area contributed by atoms with Gasteiger partial charge in [-0.15, -0.1) is 11.8 Å². The molecule has 0 amide bonds. The quantitative estimate of drug-likeness (QED) is 0.812. The SMILES string of the molecule is C[C@H](N)c1ccc(SCC2CCCC2)c(Br)c1. The summed E-state index contributed by atoms with van der Waals surface area (Å²) in [5, 5.41) is 0. The molecule has 1 saturated carbocycles. The minimum absolute atomic E-state index is 0.111. The average Bonchev–Trinajstić information content (AvgIpc) is 2.80. The van der Waals surface area contributed by atoms with E-state index < -0.39 is 0 Å². The summed E-state index contributed by atoms with van der Waals surface area (Å²) in [4.78, 5) is 1.35. The van der Waals surface area contributed by atoms with Crippen LogP contribution in [0.4, 0.5) is 0 Å². The van der Waals surface area contributed by atoms with Crippen LogP contribution in [0.3, 0.4) is 0 Å². The highest BCUT2D eigenvalue weighted by Crippen LogP contribution is 2.34. The van der Waals surface area contributed by atoms with Crippen molar-refractivity contribution < 1.29 is 0 Å². The van der Waals surface area contributed by atoms with Gasteiger partial charge in [-0.1, -0.05) is 18.9 Å². The van der Waals surface area contributed by atoms with Crippen LogP contribution in [-0.4, -0.2) is 5.75 Å². The molecule has 17 heavy (non-hydrogen) atoms. The average molecular weight is 314 g/mol. The summed E-state index contributed by atoms with van der Waals surface area (Å²) >= 11 is 5.63. The molecule has 0 saturated heterocycles. The van der Waals surface area contributed by atoms with Crippen LogP contribution >= 0.6 is 27.7 Å². The highest BCUT2D eigenvalue weighted by molar-refractivity contribution is 9.10. The Morgan fingerprint density at radius 2 is 2.12 bits per heavy atom. The number of thioether (sulfide) groups is 1. The summed E-state index contributed by atoms with van der Waals surface area (Å²) in [6, 6.07) is 6.61. The molecule has 1 aliphatic carbocycles. The third-order valence-electron chi connectivity index (χ3n) is 3.43. The number of hydrogen-bond donors (Lipinski definition) is 1. The van der Waals surface area contributed by atoms with E-state index in [0.29, 0.717) is 0 Å². The maximum absolute atomic E-state index is 5.88. The summed E-state index contributed by atoms with van der Waals surface area (Å²) in [5.74, 6) is 2.19. The van der Waals surface area contributed by atoms with Crippen molar-refractivity contribution in [3.63, 3.8) is 0 Å². The van der Waals surface area contributed by atoms with Crippen molar-refractivity contribution in [2.24, 2.45) is 11.7 Å². The molecule has 94 valence electrons. The minimum atomic E-state index is 0.111. The van der Waals surface area contributed by atoms with Crippen molar-refractivity contribution in [2.75, 3.05) is 5.75 Å². The number of nitrogens with two attached hydrogens (primary N) is 1. The van der Waals surface area contributed by atoms with Gasteiger partial charge in [0.25, 0.3) is 0 Å². The van der Waals surface area contributed by atoms with Crippen LogP contribution in [0.25, 0.3) is 0 Å². The zero-order chi connectivity index (χ0) is 12.3. The molecule has 0 bridgehead atoms. The largest absolute Gasteiger partial charge is 0.324 e. The first-order chi connectivity index (χ1) is 8.16. The van der Waals surface area contributed by atoms with Crippen LogP contribution in [0.5, 0.6) is 0 Å². The molecule has 0 aliphatic heterocycles. The molecule has 3 heteroatoms. The van der Waals surface area contributed by atoms with Gasteiger partial charge in [0.05, 0.1) is 0 Å². The molecule has 2 rings (SSSR count). The van der Waals surface area contributed by atoms with E-state index in [1.807, 2.05) is 18.7 Å². The van der Waals surface area contributed by atoms with Crippen molar-refractivity contribution in [3.8, 4) is 0 Å². The summed E-state index contributed by atoms with van der Waals surface area (Å²) < 4.78 is 1.19. The number of rotatable bonds is 4. The van der Waals surface area contributed by atoms with Gasteiger partial charge in [0.2, 0.25) is 0 Å². The summed E-state index contributed by atoms with van der Waals surface area (Å²) in [5.41, 5.74) is 7.07. The predicted octanol–water partition coefficient (Wildman–Crippen LogP) is 4.75. The Bertz CT molecular complexity index is 372. The van der Waals surface area contributed by atoms with Gasteiger partial charge < -0.3 is 5.73 Å². The maximum atomic E-state index is 5.88. The van der Waals surface area contributed by atoms with Crippen LogP contribution in [-0.2, 0) is 0 Å². The molecule has 0 heterocycles. The topological polar surface area (TPSA) is 26.0 Å². The van der Waals surface area contributed by atoms with Gasteiger partial charge in [-0.2, -0.15) is 0 Å². The van der Waals surface area contributed by atoms with Crippen molar-refractivity contribution in [1.82, 2.24) is 0 Å². The van der Waals surface area contributed by atoms with Crippen molar-refractivity contribution >= 4 is 27.7 Å². The molecular weight excluding hydrogens is 294 g/mol. The van der Waals surface area contributed by atoms with Crippen molar-refractivity contribution in [2.45, 2.75) is 43.5 Å². The smallest absolute Gasteiger partial charge is 0.0314 e. The molecule has 1 aromatic rings. The fraction of sp³-hybridized carbons (Fsp3) is 0.571. The third kappa shape index (κ3) is 3.73. The molecular formula is C14H20BrNS. The Balaban J connectivity index is 1.96. The van der Waals surface area contributed by atoms with Crippen LogP contribution in [0, 0.1) is 5.92 Å². The Kier molecular flexibility index (Phi) is 4.95.